The molecule has 0 radical (unpaired) electrons. The molecule has 0 saturated carbocycles. The largest absolute Gasteiger partial charge is 0.478 e. The smallest absolute Gasteiger partial charge is 0.416 e. The zero-order valence-corrected chi connectivity index (χ0v) is 18.0. The molecule has 8 heteroatoms. The van der Waals surface area contributed by atoms with Gasteiger partial charge in [0, 0.05) is 11.6 Å². The molecule has 0 heterocycles. The first-order valence-electron chi connectivity index (χ1n) is 10.0. The average molecular weight is 459 g/mol. The predicted molar refractivity (Wildman–Crippen MR) is 118 cm³/mol. The van der Waals surface area contributed by atoms with Gasteiger partial charge in [-0.15, -0.1) is 0 Å². The number of benzene rings is 3. The number of aromatic carboxylic acids is 1. The highest BCUT2D eigenvalue weighted by atomic mass is 19.4. The summed E-state index contributed by atoms with van der Waals surface area (Å²) in [6.07, 6.45) is -5.78. The summed E-state index contributed by atoms with van der Waals surface area (Å²) < 4.78 is 44.1. The van der Waals surface area contributed by atoms with E-state index in [4.69, 9.17) is 15.6 Å². The highest BCUT2D eigenvalue weighted by molar-refractivity contribution is 6.02. The van der Waals surface area contributed by atoms with E-state index in [9.17, 15) is 22.8 Å². The highest BCUT2D eigenvalue weighted by Gasteiger charge is 2.35. The van der Waals surface area contributed by atoms with Crippen molar-refractivity contribution in [2.24, 2.45) is 5.73 Å². The van der Waals surface area contributed by atoms with Crippen molar-refractivity contribution in [3.63, 3.8) is 0 Å². The molecule has 3 aromatic rings. The maximum absolute atomic E-state index is 13.0. The summed E-state index contributed by atoms with van der Waals surface area (Å²) in [5.41, 5.74) is 5.20. The molecular weight excluding hydrogens is 435 g/mol. The van der Waals surface area contributed by atoms with E-state index >= 15 is 0 Å². The van der Waals surface area contributed by atoms with Crippen LogP contribution in [0.25, 0.3) is 0 Å². The Balaban J connectivity index is 0.000000357. The fourth-order valence-corrected chi connectivity index (χ4v) is 3.00. The van der Waals surface area contributed by atoms with Gasteiger partial charge in [-0.1, -0.05) is 60.7 Å². The van der Waals surface area contributed by atoms with Crippen molar-refractivity contribution in [2.45, 2.75) is 32.2 Å². The van der Waals surface area contributed by atoms with Gasteiger partial charge in [-0.3, -0.25) is 0 Å². The monoisotopic (exact) mass is 459 g/mol. The average Bonchev–Trinajstić information content (AvgIpc) is 2.79. The number of carbonyl (C=O) groups excluding carboxylic acids is 1. The molecule has 0 amide bonds. The highest BCUT2D eigenvalue weighted by Crippen LogP contribution is 2.35. The summed E-state index contributed by atoms with van der Waals surface area (Å²) in [6.45, 7) is 3.28. The third kappa shape index (κ3) is 7.18. The van der Waals surface area contributed by atoms with Crippen LogP contribution in [0.2, 0.25) is 0 Å². The van der Waals surface area contributed by atoms with Gasteiger partial charge in [-0.05, 0) is 37.6 Å². The van der Waals surface area contributed by atoms with Crippen LogP contribution in [-0.2, 0) is 10.9 Å². The standard InChI is InChI=1S/C17H13F3O4.C8H11N/c1-10(11-6-4-5-9-14(11)17(18,19)20)24-16(23)13-8-3-2-7-12(13)15(21)22;1-7(9)8-5-3-2-4-6-8/h2-10H,1H3,(H,21,22);2-7H,9H2,1H3. The second-order valence-corrected chi connectivity index (χ2v) is 7.18. The van der Waals surface area contributed by atoms with E-state index in [1.54, 1.807) is 0 Å². The molecule has 174 valence electrons. The Hall–Kier alpha value is -3.65. The summed E-state index contributed by atoms with van der Waals surface area (Å²) in [5, 5.41) is 9.06. The van der Waals surface area contributed by atoms with E-state index in [-0.39, 0.29) is 22.7 Å². The van der Waals surface area contributed by atoms with Crippen LogP contribution < -0.4 is 5.73 Å². The van der Waals surface area contributed by atoms with Gasteiger partial charge in [0.2, 0.25) is 0 Å². The zero-order chi connectivity index (χ0) is 24.6. The van der Waals surface area contributed by atoms with Crippen LogP contribution >= 0.6 is 0 Å². The minimum absolute atomic E-state index is 0.159. The van der Waals surface area contributed by atoms with Gasteiger partial charge < -0.3 is 15.6 Å². The first-order chi connectivity index (χ1) is 15.5. The topological polar surface area (TPSA) is 89.6 Å². The van der Waals surface area contributed by atoms with Crippen LogP contribution in [0.4, 0.5) is 13.2 Å². The van der Waals surface area contributed by atoms with E-state index in [0.717, 1.165) is 6.07 Å². The molecule has 3 N–H and O–H groups in total. The number of rotatable bonds is 5. The molecular formula is C25H24F3NO4. The van der Waals surface area contributed by atoms with Crippen LogP contribution in [0.1, 0.15) is 63.4 Å². The first-order valence-corrected chi connectivity index (χ1v) is 10.0. The van der Waals surface area contributed by atoms with Crippen molar-refractivity contribution in [1.82, 2.24) is 0 Å². The number of hydrogen-bond donors (Lipinski definition) is 2. The molecule has 0 bridgehead atoms. The maximum atomic E-state index is 13.0. The molecule has 0 spiro atoms. The van der Waals surface area contributed by atoms with E-state index in [1.165, 1.54) is 55.0 Å². The summed E-state index contributed by atoms with van der Waals surface area (Å²) in [4.78, 5) is 23.3. The number of nitrogens with two attached hydrogens (primary N) is 1. The molecule has 0 aromatic heterocycles. The molecule has 0 fully saturated rings. The number of carboxylic acids is 1. The van der Waals surface area contributed by atoms with Gasteiger partial charge in [-0.25, -0.2) is 9.59 Å². The number of carbonyl (C=O) groups is 2. The number of esters is 1. The zero-order valence-electron chi connectivity index (χ0n) is 18.0. The minimum atomic E-state index is -4.59. The Kier molecular flexibility index (Phi) is 8.76. The van der Waals surface area contributed by atoms with E-state index in [2.05, 4.69) is 0 Å². The lowest BCUT2D eigenvalue weighted by Crippen LogP contribution is -2.17. The SMILES string of the molecule is CC(N)c1ccccc1.CC(OC(=O)c1ccccc1C(=O)O)c1ccccc1C(F)(F)F. The molecule has 3 aromatic carbocycles. The molecule has 0 aliphatic rings. The Labute approximate surface area is 189 Å². The number of carboxylic acid groups (broad SMARTS) is 1. The van der Waals surface area contributed by atoms with Gasteiger partial charge in [0.25, 0.3) is 0 Å². The van der Waals surface area contributed by atoms with E-state index in [0.29, 0.717) is 0 Å². The lowest BCUT2D eigenvalue weighted by Gasteiger charge is -2.19. The quantitative estimate of drug-likeness (QED) is 0.455. The number of halogens is 3. The lowest BCUT2D eigenvalue weighted by molar-refractivity contribution is -0.139. The van der Waals surface area contributed by atoms with Crippen molar-refractivity contribution < 1.29 is 32.6 Å². The predicted octanol–water partition coefficient (Wildman–Crippen LogP) is 6.03. The fraction of sp³-hybridized carbons (Fsp3) is 0.200. The summed E-state index contributed by atoms with van der Waals surface area (Å²) in [7, 11) is 0. The summed E-state index contributed by atoms with van der Waals surface area (Å²) >= 11 is 0. The van der Waals surface area contributed by atoms with Crippen molar-refractivity contribution in [3.8, 4) is 0 Å². The normalized spacial score (nSPS) is 12.7. The van der Waals surface area contributed by atoms with Crippen molar-refractivity contribution in [1.29, 1.82) is 0 Å². The van der Waals surface area contributed by atoms with Crippen molar-refractivity contribution >= 4 is 11.9 Å². The van der Waals surface area contributed by atoms with Gasteiger partial charge in [-0.2, -0.15) is 13.2 Å². The van der Waals surface area contributed by atoms with E-state index < -0.39 is 29.8 Å². The Bertz CT molecular complexity index is 1080. The minimum Gasteiger partial charge on any atom is -0.478 e. The van der Waals surface area contributed by atoms with E-state index in [1.807, 2.05) is 37.3 Å². The van der Waals surface area contributed by atoms with Gasteiger partial charge in [0.1, 0.15) is 6.10 Å². The van der Waals surface area contributed by atoms with Crippen LogP contribution in [-0.4, -0.2) is 17.0 Å². The Morgan fingerprint density at radius 1 is 0.848 bits per heavy atom. The van der Waals surface area contributed by atoms with Crippen LogP contribution in [0.5, 0.6) is 0 Å². The second kappa shape index (κ2) is 11.3. The summed E-state index contributed by atoms with van der Waals surface area (Å²) in [5.74, 6) is -2.33. The van der Waals surface area contributed by atoms with Crippen molar-refractivity contribution in [3.05, 3.63) is 107 Å². The first kappa shape index (κ1) is 25.6. The van der Waals surface area contributed by atoms with Gasteiger partial charge >= 0.3 is 18.1 Å². The molecule has 2 unspecified atom stereocenters. The van der Waals surface area contributed by atoms with Crippen LogP contribution in [0, 0.1) is 0 Å². The number of ether oxygens (including phenoxy) is 1. The molecule has 5 nitrogen and oxygen atoms in total. The number of hydrogen-bond acceptors (Lipinski definition) is 4. The molecule has 0 saturated heterocycles. The third-order valence-electron chi connectivity index (χ3n) is 4.69. The van der Waals surface area contributed by atoms with Gasteiger partial charge in [0.15, 0.2) is 0 Å². The molecule has 0 aliphatic carbocycles. The van der Waals surface area contributed by atoms with Crippen molar-refractivity contribution in [2.75, 3.05) is 0 Å². The molecule has 0 aliphatic heterocycles. The fourth-order valence-electron chi connectivity index (χ4n) is 3.00. The summed E-state index contributed by atoms with van der Waals surface area (Å²) in [6, 6.07) is 20.3. The van der Waals surface area contributed by atoms with Crippen LogP contribution in [0.3, 0.4) is 0 Å². The third-order valence-corrected chi connectivity index (χ3v) is 4.69. The maximum Gasteiger partial charge on any atom is 0.416 e. The van der Waals surface area contributed by atoms with Gasteiger partial charge in [0.05, 0.1) is 16.7 Å². The lowest BCUT2D eigenvalue weighted by atomic mass is 10.0. The second-order valence-electron chi connectivity index (χ2n) is 7.18. The molecule has 3 rings (SSSR count). The molecule has 2 atom stereocenters. The number of alkyl halides is 3. The Morgan fingerprint density at radius 3 is 1.88 bits per heavy atom. The van der Waals surface area contributed by atoms with Crippen LogP contribution in [0.15, 0.2) is 78.9 Å². The Morgan fingerprint density at radius 2 is 1.36 bits per heavy atom. The molecule has 33 heavy (non-hydrogen) atoms.